The maximum Gasteiger partial charge on any atom is 0.0536 e. The maximum atomic E-state index is 12.5. The Balaban J connectivity index is 2.09. The molecule has 112 valence electrons. The fraction of sp³-hybridized carbons (Fsp3) is 0.333. The molecule has 0 radical (unpaired) electrons. The van der Waals surface area contributed by atoms with Crippen molar-refractivity contribution in [2.75, 3.05) is 12.3 Å². The minimum Gasteiger partial charge on any atom is -0.330 e. The van der Waals surface area contributed by atoms with E-state index >= 15 is 0 Å². The average Bonchev–Trinajstić information content (AvgIpc) is 2.53. The standard InChI is InChI=1S/C18H23NOS/c1-14(2)15-8-10-18(11-9-15)21(20)13-17(12-19)16-6-4-3-5-7-16/h3-11,14,17H,12-13,19H2,1-2H3. The Morgan fingerprint density at radius 1 is 0.952 bits per heavy atom. The van der Waals surface area contributed by atoms with Crippen LogP contribution in [0.25, 0.3) is 0 Å². The van der Waals surface area contributed by atoms with Gasteiger partial charge in [-0.25, -0.2) is 0 Å². The summed E-state index contributed by atoms with van der Waals surface area (Å²) in [7, 11) is -1.02. The van der Waals surface area contributed by atoms with Crippen LogP contribution in [0.2, 0.25) is 0 Å². The maximum absolute atomic E-state index is 12.5. The number of hydrogen-bond acceptors (Lipinski definition) is 2. The second kappa shape index (κ2) is 7.53. The highest BCUT2D eigenvalue weighted by Gasteiger charge is 2.15. The van der Waals surface area contributed by atoms with Gasteiger partial charge in [-0.1, -0.05) is 56.3 Å². The predicted octanol–water partition coefficient (Wildman–Crippen LogP) is 3.66. The third-order valence-electron chi connectivity index (χ3n) is 3.72. The van der Waals surface area contributed by atoms with E-state index in [-0.39, 0.29) is 5.92 Å². The lowest BCUT2D eigenvalue weighted by molar-refractivity contribution is 0.672. The van der Waals surface area contributed by atoms with Crippen LogP contribution in [0.15, 0.2) is 59.5 Å². The summed E-state index contributed by atoms with van der Waals surface area (Å²) < 4.78 is 12.5. The van der Waals surface area contributed by atoms with E-state index in [1.165, 1.54) is 5.56 Å². The molecule has 0 spiro atoms. The molecule has 0 aliphatic rings. The molecule has 2 unspecified atom stereocenters. The summed E-state index contributed by atoms with van der Waals surface area (Å²) in [6.45, 7) is 4.83. The van der Waals surface area contributed by atoms with Crippen LogP contribution >= 0.6 is 0 Å². The van der Waals surface area contributed by atoms with Crippen molar-refractivity contribution in [3.63, 3.8) is 0 Å². The van der Waals surface area contributed by atoms with Gasteiger partial charge in [0, 0.05) is 23.1 Å². The van der Waals surface area contributed by atoms with Gasteiger partial charge in [0.15, 0.2) is 0 Å². The summed E-state index contributed by atoms with van der Waals surface area (Å²) in [5, 5.41) is 0. The van der Waals surface area contributed by atoms with Crippen molar-refractivity contribution in [2.45, 2.75) is 30.6 Å². The molecule has 0 saturated heterocycles. The van der Waals surface area contributed by atoms with Crippen LogP contribution in [-0.4, -0.2) is 16.5 Å². The van der Waals surface area contributed by atoms with Crippen molar-refractivity contribution in [3.8, 4) is 0 Å². The largest absolute Gasteiger partial charge is 0.330 e. The zero-order valence-corrected chi connectivity index (χ0v) is 13.5. The molecule has 0 fully saturated rings. The van der Waals surface area contributed by atoms with E-state index in [1.807, 2.05) is 30.3 Å². The Labute approximate surface area is 129 Å². The highest BCUT2D eigenvalue weighted by atomic mass is 32.2. The van der Waals surface area contributed by atoms with Gasteiger partial charge in [-0.15, -0.1) is 0 Å². The van der Waals surface area contributed by atoms with Crippen LogP contribution in [0.3, 0.4) is 0 Å². The minimum atomic E-state index is -1.02. The predicted molar refractivity (Wildman–Crippen MR) is 90.0 cm³/mol. The van der Waals surface area contributed by atoms with Gasteiger partial charge in [0.2, 0.25) is 0 Å². The van der Waals surface area contributed by atoms with E-state index in [1.54, 1.807) is 0 Å². The summed E-state index contributed by atoms with van der Waals surface area (Å²) >= 11 is 0. The van der Waals surface area contributed by atoms with E-state index in [2.05, 4.69) is 38.1 Å². The molecule has 21 heavy (non-hydrogen) atoms. The first-order valence-electron chi connectivity index (χ1n) is 7.35. The highest BCUT2D eigenvalue weighted by Crippen LogP contribution is 2.20. The first-order chi connectivity index (χ1) is 10.1. The van der Waals surface area contributed by atoms with Gasteiger partial charge in [-0.05, 0) is 29.2 Å². The third-order valence-corrected chi connectivity index (χ3v) is 5.22. The van der Waals surface area contributed by atoms with E-state index < -0.39 is 10.8 Å². The molecular formula is C18H23NOS. The van der Waals surface area contributed by atoms with Gasteiger partial charge in [-0.3, -0.25) is 4.21 Å². The molecule has 0 heterocycles. The van der Waals surface area contributed by atoms with E-state index in [0.717, 1.165) is 10.5 Å². The van der Waals surface area contributed by atoms with Gasteiger partial charge in [0.05, 0.1) is 10.8 Å². The van der Waals surface area contributed by atoms with Crippen LogP contribution in [0.1, 0.15) is 36.8 Å². The molecule has 2 rings (SSSR count). The lowest BCUT2D eigenvalue weighted by atomic mass is 10.0. The van der Waals surface area contributed by atoms with Crippen molar-refractivity contribution in [1.29, 1.82) is 0 Å². The monoisotopic (exact) mass is 301 g/mol. The SMILES string of the molecule is CC(C)c1ccc(S(=O)CC(CN)c2ccccc2)cc1. The normalized spacial score (nSPS) is 14.1. The first kappa shape index (κ1) is 15.9. The molecule has 3 heteroatoms. The molecule has 0 aliphatic heterocycles. The summed E-state index contributed by atoms with van der Waals surface area (Å²) in [6, 6.07) is 18.2. The van der Waals surface area contributed by atoms with E-state index in [0.29, 0.717) is 18.2 Å². The highest BCUT2D eigenvalue weighted by molar-refractivity contribution is 7.85. The molecule has 2 atom stereocenters. The lowest BCUT2D eigenvalue weighted by Crippen LogP contribution is -2.19. The Hall–Kier alpha value is -1.45. The fourth-order valence-electron chi connectivity index (χ4n) is 2.31. The summed E-state index contributed by atoms with van der Waals surface area (Å²) in [5.41, 5.74) is 8.29. The zero-order valence-electron chi connectivity index (χ0n) is 12.7. The Morgan fingerprint density at radius 3 is 2.10 bits per heavy atom. The smallest absolute Gasteiger partial charge is 0.0536 e. The van der Waals surface area contributed by atoms with Crippen LogP contribution in [0.5, 0.6) is 0 Å². The summed E-state index contributed by atoms with van der Waals surface area (Å²) in [5.74, 6) is 1.20. The summed E-state index contributed by atoms with van der Waals surface area (Å²) in [4.78, 5) is 0.883. The number of nitrogens with two attached hydrogens (primary N) is 1. The molecule has 0 amide bonds. The van der Waals surface area contributed by atoms with Crippen molar-refractivity contribution in [2.24, 2.45) is 5.73 Å². The van der Waals surface area contributed by atoms with Crippen LogP contribution in [0.4, 0.5) is 0 Å². The fourth-order valence-corrected chi connectivity index (χ4v) is 3.64. The Kier molecular flexibility index (Phi) is 5.71. The minimum absolute atomic E-state index is 0.136. The van der Waals surface area contributed by atoms with Crippen molar-refractivity contribution in [3.05, 3.63) is 65.7 Å². The molecule has 0 bridgehead atoms. The number of rotatable bonds is 6. The molecule has 2 aromatic rings. The van der Waals surface area contributed by atoms with Gasteiger partial charge in [0.25, 0.3) is 0 Å². The summed E-state index contributed by atoms with van der Waals surface area (Å²) in [6.07, 6.45) is 0. The molecule has 0 saturated carbocycles. The van der Waals surface area contributed by atoms with Crippen LogP contribution in [-0.2, 0) is 10.8 Å². The molecule has 0 aromatic heterocycles. The van der Waals surface area contributed by atoms with E-state index in [4.69, 9.17) is 5.73 Å². The second-order valence-electron chi connectivity index (χ2n) is 5.58. The van der Waals surface area contributed by atoms with Gasteiger partial charge >= 0.3 is 0 Å². The Bertz CT molecular complexity index is 578. The molecular weight excluding hydrogens is 278 g/mol. The number of hydrogen-bond donors (Lipinski definition) is 1. The van der Waals surface area contributed by atoms with Gasteiger partial charge in [-0.2, -0.15) is 0 Å². The first-order valence-corrected chi connectivity index (χ1v) is 8.67. The van der Waals surface area contributed by atoms with Crippen LogP contribution < -0.4 is 5.73 Å². The molecule has 2 N–H and O–H groups in total. The quantitative estimate of drug-likeness (QED) is 0.885. The zero-order chi connectivity index (χ0) is 15.2. The third kappa shape index (κ3) is 4.26. The lowest BCUT2D eigenvalue weighted by Gasteiger charge is -2.15. The van der Waals surface area contributed by atoms with Crippen LogP contribution in [0, 0.1) is 0 Å². The molecule has 2 aromatic carbocycles. The van der Waals surface area contributed by atoms with E-state index in [9.17, 15) is 4.21 Å². The molecule has 0 aliphatic carbocycles. The number of benzene rings is 2. The Morgan fingerprint density at radius 2 is 1.57 bits per heavy atom. The topological polar surface area (TPSA) is 43.1 Å². The van der Waals surface area contributed by atoms with Gasteiger partial charge < -0.3 is 5.73 Å². The van der Waals surface area contributed by atoms with Crippen molar-refractivity contribution >= 4 is 10.8 Å². The average molecular weight is 301 g/mol. The second-order valence-corrected chi connectivity index (χ2v) is 7.08. The molecule has 2 nitrogen and oxygen atoms in total. The van der Waals surface area contributed by atoms with Crippen molar-refractivity contribution in [1.82, 2.24) is 0 Å². The van der Waals surface area contributed by atoms with Crippen molar-refractivity contribution < 1.29 is 4.21 Å². The van der Waals surface area contributed by atoms with Gasteiger partial charge in [0.1, 0.15) is 0 Å².